The van der Waals surface area contributed by atoms with E-state index in [4.69, 9.17) is 5.26 Å². The Morgan fingerprint density at radius 2 is 2.06 bits per heavy atom. The van der Waals surface area contributed by atoms with Gasteiger partial charge in [-0.3, -0.25) is 0 Å². The first-order chi connectivity index (χ1) is 7.74. The summed E-state index contributed by atoms with van der Waals surface area (Å²) in [4.78, 5) is 2.60. The first-order valence-electron chi connectivity index (χ1n) is 6.83. The highest BCUT2D eigenvalue weighted by atomic mass is 15.1. The molecule has 0 bridgehead atoms. The van der Waals surface area contributed by atoms with E-state index in [1.165, 1.54) is 45.3 Å². The van der Waals surface area contributed by atoms with E-state index >= 15 is 0 Å². The predicted octanol–water partition coefficient (Wildman–Crippen LogP) is 3.44. The first-order valence-corrected chi connectivity index (χ1v) is 6.83. The molecule has 1 saturated heterocycles. The van der Waals surface area contributed by atoms with Gasteiger partial charge >= 0.3 is 0 Å². The molecule has 1 aliphatic heterocycles. The number of nitriles is 1. The van der Waals surface area contributed by atoms with Gasteiger partial charge in [0.05, 0.1) is 6.07 Å². The van der Waals surface area contributed by atoms with Crippen LogP contribution in [0, 0.1) is 23.2 Å². The normalized spacial score (nSPS) is 23.0. The fourth-order valence-corrected chi connectivity index (χ4v) is 2.61. The third kappa shape index (κ3) is 4.99. The molecule has 0 aliphatic carbocycles. The highest BCUT2D eigenvalue weighted by Gasteiger charge is 2.18. The lowest BCUT2D eigenvalue weighted by Crippen LogP contribution is -2.26. The second kappa shape index (κ2) is 7.68. The van der Waals surface area contributed by atoms with Crippen LogP contribution in [0.15, 0.2) is 0 Å². The molecule has 2 heteroatoms. The molecule has 0 aromatic heterocycles. The van der Waals surface area contributed by atoms with E-state index in [0.717, 1.165) is 24.7 Å². The van der Waals surface area contributed by atoms with Crippen LogP contribution in [0.3, 0.4) is 0 Å². The summed E-state index contributed by atoms with van der Waals surface area (Å²) in [6, 6.07) is 2.22. The van der Waals surface area contributed by atoms with Crippen molar-refractivity contribution >= 4 is 0 Å². The Kier molecular flexibility index (Phi) is 6.49. The molecule has 0 aromatic carbocycles. The molecule has 16 heavy (non-hydrogen) atoms. The Bertz CT molecular complexity index is 217. The van der Waals surface area contributed by atoms with Crippen LogP contribution in [0.25, 0.3) is 0 Å². The molecule has 1 heterocycles. The van der Waals surface area contributed by atoms with Gasteiger partial charge in [-0.25, -0.2) is 0 Å². The zero-order valence-electron chi connectivity index (χ0n) is 10.9. The van der Waals surface area contributed by atoms with Crippen molar-refractivity contribution in [3.8, 4) is 6.07 Å². The van der Waals surface area contributed by atoms with Crippen LogP contribution in [0.5, 0.6) is 0 Å². The van der Waals surface area contributed by atoms with Gasteiger partial charge in [-0.2, -0.15) is 5.26 Å². The summed E-state index contributed by atoms with van der Waals surface area (Å²) in [7, 11) is 0. The molecule has 1 rings (SSSR count). The highest BCUT2D eigenvalue weighted by molar-refractivity contribution is 4.73. The Labute approximate surface area is 101 Å². The van der Waals surface area contributed by atoms with Crippen LogP contribution in [-0.2, 0) is 0 Å². The number of hydrogen-bond acceptors (Lipinski definition) is 2. The van der Waals surface area contributed by atoms with Gasteiger partial charge in [0.2, 0.25) is 0 Å². The number of nitrogens with zero attached hydrogens (tertiary/aromatic N) is 2. The average Bonchev–Trinajstić information content (AvgIpc) is 2.50. The van der Waals surface area contributed by atoms with Gasteiger partial charge in [0.25, 0.3) is 0 Å². The molecule has 0 amide bonds. The minimum absolute atomic E-state index is 0.725. The van der Waals surface area contributed by atoms with Crippen LogP contribution in [0.1, 0.15) is 52.4 Å². The van der Waals surface area contributed by atoms with Gasteiger partial charge in [-0.05, 0) is 63.6 Å². The van der Waals surface area contributed by atoms with Crippen LogP contribution in [0.2, 0.25) is 0 Å². The molecule has 0 N–H and O–H groups in total. The molecule has 0 saturated carbocycles. The second-order valence-corrected chi connectivity index (χ2v) is 5.39. The molecule has 1 atom stereocenters. The fraction of sp³-hybridized carbons (Fsp3) is 0.929. The third-order valence-corrected chi connectivity index (χ3v) is 3.82. The van der Waals surface area contributed by atoms with Gasteiger partial charge in [-0.15, -0.1) is 0 Å². The Morgan fingerprint density at radius 3 is 2.75 bits per heavy atom. The molecule has 1 fully saturated rings. The minimum Gasteiger partial charge on any atom is -0.303 e. The molecule has 1 aliphatic rings. The Hall–Kier alpha value is -0.550. The lowest BCUT2D eigenvalue weighted by atomic mass is 9.89. The number of unbranched alkanes of at least 4 members (excludes halogenated alkanes) is 2. The van der Waals surface area contributed by atoms with Crippen molar-refractivity contribution in [3.63, 3.8) is 0 Å². The number of hydrogen-bond donors (Lipinski definition) is 0. The van der Waals surface area contributed by atoms with Crippen LogP contribution in [-0.4, -0.2) is 24.5 Å². The predicted molar refractivity (Wildman–Crippen MR) is 68.1 cm³/mol. The molecule has 92 valence electrons. The monoisotopic (exact) mass is 222 g/mol. The van der Waals surface area contributed by atoms with Gasteiger partial charge in [-0.1, -0.05) is 13.8 Å². The van der Waals surface area contributed by atoms with Crippen molar-refractivity contribution in [1.82, 2.24) is 4.90 Å². The van der Waals surface area contributed by atoms with Gasteiger partial charge in [0.15, 0.2) is 0 Å². The van der Waals surface area contributed by atoms with E-state index in [2.05, 4.69) is 24.8 Å². The summed E-state index contributed by atoms with van der Waals surface area (Å²) >= 11 is 0. The lowest BCUT2D eigenvalue weighted by molar-refractivity contribution is 0.267. The van der Waals surface area contributed by atoms with Crippen LogP contribution >= 0.6 is 0 Å². The van der Waals surface area contributed by atoms with Gasteiger partial charge < -0.3 is 4.90 Å². The van der Waals surface area contributed by atoms with E-state index in [-0.39, 0.29) is 0 Å². The van der Waals surface area contributed by atoms with Gasteiger partial charge in [0.1, 0.15) is 0 Å². The van der Waals surface area contributed by atoms with E-state index in [1.807, 2.05) is 0 Å². The lowest BCUT2D eigenvalue weighted by Gasteiger charge is -2.20. The van der Waals surface area contributed by atoms with Crippen molar-refractivity contribution in [2.24, 2.45) is 11.8 Å². The molecule has 2 nitrogen and oxygen atoms in total. The largest absolute Gasteiger partial charge is 0.303 e. The standard InChI is InChI=1S/C14H26N2/c1-13(2)14-7-6-11-16(12-8-14)10-5-3-4-9-15/h13-14H,3-8,10-12H2,1-2H3. The zero-order valence-corrected chi connectivity index (χ0v) is 10.9. The molecular weight excluding hydrogens is 196 g/mol. The molecule has 1 unspecified atom stereocenters. The number of likely N-dealkylation sites (tertiary alicyclic amines) is 1. The van der Waals surface area contributed by atoms with Crippen LogP contribution in [0.4, 0.5) is 0 Å². The molecule has 0 radical (unpaired) electrons. The topological polar surface area (TPSA) is 27.0 Å². The van der Waals surface area contributed by atoms with Crippen LogP contribution < -0.4 is 0 Å². The van der Waals surface area contributed by atoms with E-state index in [9.17, 15) is 0 Å². The summed E-state index contributed by atoms with van der Waals surface area (Å²) in [6.45, 7) is 8.46. The van der Waals surface area contributed by atoms with Crippen molar-refractivity contribution in [2.75, 3.05) is 19.6 Å². The average molecular weight is 222 g/mol. The Balaban J connectivity index is 2.18. The van der Waals surface area contributed by atoms with Crippen molar-refractivity contribution < 1.29 is 0 Å². The maximum atomic E-state index is 8.48. The Morgan fingerprint density at radius 1 is 1.25 bits per heavy atom. The first kappa shape index (κ1) is 13.5. The summed E-state index contributed by atoms with van der Waals surface area (Å²) in [5.41, 5.74) is 0. The van der Waals surface area contributed by atoms with Crippen molar-refractivity contribution in [1.29, 1.82) is 5.26 Å². The van der Waals surface area contributed by atoms with E-state index in [0.29, 0.717) is 0 Å². The van der Waals surface area contributed by atoms with Crippen molar-refractivity contribution in [3.05, 3.63) is 0 Å². The maximum absolute atomic E-state index is 8.48. The summed E-state index contributed by atoms with van der Waals surface area (Å²) in [6.07, 6.45) is 7.13. The maximum Gasteiger partial charge on any atom is 0.0621 e. The fourth-order valence-electron chi connectivity index (χ4n) is 2.61. The quantitative estimate of drug-likeness (QED) is 0.666. The van der Waals surface area contributed by atoms with Crippen molar-refractivity contribution in [2.45, 2.75) is 52.4 Å². The summed E-state index contributed by atoms with van der Waals surface area (Å²) < 4.78 is 0. The van der Waals surface area contributed by atoms with E-state index in [1.54, 1.807) is 0 Å². The van der Waals surface area contributed by atoms with Gasteiger partial charge in [0, 0.05) is 6.42 Å². The molecule has 0 spiro atoms. The SMILES string of the molecule is CC(C)C1CCCN(CCCCC#N)CC1. The molecule has 0 aromatic rings. The third-order valence-electron chi connectivity index (χ3n) is 3.82. The van der Waals surface area contributed by atoms with E-state index < -0.39 is 0 Å². The minimum atomic E-state index is 0.725. The number of rotatable bonds is 5. The highest BCUT2D eigenvalue weighted by Crippen LogP contribution is 2.24. The summed E-state index contributed by atoms with van der Waals surface area (Å²) in [5, 5.41) is 8.48. The summed E-state index contributed by atoms with van der Waals surface area (Å²) in [5.74, 6) is 1.78. The zero-order chi connectivity index (χ0) is 11.8. The second-order valence-electron chi connectivity index (χ2n) is 5.39. The molecular formula is C14H26N2. The smallest absolute Gasteiger partial charge is 0.0621 e.